The predicted octanol–water partition coefficient (Wildman–Crippen LogP) is 3.76. The minimum atomic E-state index is -0.606. The summed E-state index contributed by atoms with van der Waals surface area (Å²) in [5.41, 5.74) is 0. The third kappa shape index (κ3) is 1.72. The van der Waals surface area contributed by atoms with Crippen LogP contribution in [0.5, 0.6) is 0 Å². The van der Waals surface area contributed by atoms with Crippen LogP contribution in [0.25, 0.3) is 0 Å². The third-order valence-corrected chi connectivity index (χ3v) is 6.22. The Morgan fingerprint density at radius 2 is 1.56 bits per heavy atom. The van der Waals surface area contributed by atoms with E-state index < -0.39 is 8.80 Å². The van der Waals surface area contributed by atoms with Gasteiger partial charge in [0.05, 0.1) is 0 Å². The molecule has 0 fully saturated rings. The van der Waals surface area contributed by atoms with Crippen molar-refractivity contribution in [3.05, 3.63) is 70.3 Å². The maximum atomic E-state index is 2.41. The first kappa shape index (κ1) is 9.85. The summed E-state index contributed by atoms with van der Waals surface area (Å²) in [4.78, 5) is 0. The standard InChI is InChI=1S/C15H15Si/c1-2-8-13(7-1)16(14-9-3-4-10-14)15-11-5-6-12-15/h1-5,7,9,11-12H,6,8,10H2. The summed E-state index contributed by atoms with van der Waals surface area (Å²) in [7, 11) is -0.606. The van der Waals surface area contributed by atoms with Gasteiger partial charge in [-0.2, -0.15) is 0 Å². The molecule has 3 aliphatic rings. The number of allylic oxidation sites excluding steroid dienone is 12. The minimum absolute atomic E-state index is 0.606. The molecule has 16 heavy (non-hydrogen) atoms. The lowest BCUT2D eigenvalue weighted by molar-refractivity contribution is 1.33. The van der Waals surface area contributed by atoms with E-state index in [0.717, 1.165) is 19.3 Å². The fourth-order valence-corrected chi connectivity index (χ4v) is 5.42. The predicted molar refractivity (Wildman–Crippen MR) is 71.3 cm³/mol. The van der Waals surface area contributed by atoms with Crippen molar-refractivity contribution in [3.8, 4) is 0 Å². The maximum Gasteiger partial charge on any atom is 0.146 e. The zero-order chi connectivity index (χ0) is 10.8. The molecular weight excluding hydrogens is 208 g/mol. The number of rotatable bonds is 3. The molecule has 3 rings (SSSR count). The van der Waals surface area contributed by atoms with E-state index in [1.165, 1.54) is 0 Å². The molecule has 0 nitrogen and oxygen atoms in total. The lowest BCUT2D eigenvalue weighted by atomic mass is 10.5. The van der Waals surface area contributed by atoms with Crippen LogP contribution in [-0.2, 0) is 0 Å². The van der Waals surface area contributed by atoms with Crippen LogP contribution in [0.15, 0.2) is 70.3 Å². The van der Waals surface area contributed by atoms with E-state index in [1.54, 1.807) is 15.6 Å². The first-order valence-corrected chi connectivity index (χ1v) is 7.41. The van der Waals surface area contributed by atoms with Gasteiger partial charge in [0.25, 0.3) is 0 Å². The van der Waals surface area contributed by atoms with E-state index in [0.29, 0.717) is 0 Å². The monoisotopic (exact) mass is 223 g/mol. The molecule has 1 radical (unpaired) electrons. The molecule has 0 atom stereocenters. The van der Waals surface area contributed by atoms with Gasteiger partial charge in [0, 0.05) is 0 Å². The average Bonchev–Trinajstić information content (AvgIpc) is 3.02. The van der Waals surface area contributed by atoms with Crippen LogP contribution < -0.4 is 0 Å². The van der Waals surface area contributed by atoms with Gasteiger partial charge in [0.15, 0.2) is 0 Å². The Bertz CT molecular complexity index is 440. The maximum absolute atomic E-state index is 2.41. The molecule has 3 aliphatic carbocycles. The summed E-state index contributed by atoms with van der Waals surface area (Å²) < 4.78 is 0. The van der Waals surface area contributed by atoms with E-state index in [2.05, 4.69) is 54.7 Å². The van der Waals surface area contributed by atoms with Crippen molar-refractivity contribution in [2.75, 3.05) is 0 Å². The Morgan fingerprint density at radius 1 is 0.875 bits per heavy atom. The molecule has 0 aromatic rings. The molecule has 0 spiro atoms. The van der Waals surface area contributed by atoms with Crippen LogP contribution in [-0.4, -0.2) is 8.80 Å². The molecule has 79 valence electrons. The smallest absolute Gasteiger partial charge is 0.0809 e. The Hall–Kier alpha value is -1.34. The van der Waals surface area contributed by atoms with Gasteiger partial charge in [-0.25, -0.2) is 0 Å². The molecule has 0 aromatic heterocycles. The van der Waals surface area contributed by atoms with Gasteiger partial charge in [0.1, 0.15) is 8.80 Å². The highest BCUT2D eigenvalue weighted by molar-refractivity contribution is 6.81. The largest absolute Gasteiger partial charge is 0.146 e. The molecule has 0 amide bonds. The molecule has 0 aromatic carbocycles. The van der Waals surface area contributed by atoms with Crippen molar-refractivity contribution in [1.29, 1.82) is 0 Å². The van der Waals surface area contributed by atoms with Crippen LogP contribution >= 0.6 is 0 Å². The zero-order valence-corrected chi connectivity index (χ0v) is 10.3. The summed E-state index contributed by atoms with van der Waals surface area (Å²) in [5, 5.41) is 4.89. The Labute approximate surface area is 98.7 Å². The Kier molecular flexibility index (Phi) is 2.62. The number of hydrogen-bond donors (Lipinski definition) is 0. The van der Waals surface area contributed by atoms with Crippen LogP contribution in [0, 0.1) is 0 Å². The molecule has 0 unspecified atom stereocenters. The molecule has 0 saturated heterocycles. The van der Waals surface area contributed by atoms with Crippen molar-refractivity contribution in [2.24, 2.45) is 0 Å². The number of hydrogen-bond acceptors (Lipinski definition) is 0. The van der Waals surface area contributed by atoms with Crippen LogP contribution in [0.2, 0.25) is 0 Å². The molecule has 0 heterocycles. The van der Waals surface area contributed by atoms with Crippen molar-refractivity contribution < 1.29 is 0 Å². The van der Waals surface area contributed by atoms with E-state index >= 15 is 0 Å². The molecular formula is C15H15Si. The summed E-state index contributed by atoms with van der Waals surface area (Å²) in [6, 6.07) is 0. The second-order valence-corrected chi connectivity index (χ2v) is 6.93. The SMILES string of the molecule is C1=CCC([Si](C2=CCC=C2)C2=CC=CC2)=C1. The van der Waals surface area contributed by atoms with Crippen LogP contribution in [0.3, 0.4) is 0 Å². The third-order valence-electron chi connectivity index (χ3n) is 3.24. The average molecular weight is 223 g/mol. The second kappa shape index (κ2) is 4.26. The highest BCUT2D eigenvalue weighted by Crippen LogP contribution is 2.30. The summed E-state index contributed by atoms with van der Waals surface area (Å²) in [6.45, 7) is 0. The van der Waals surface area contributed by atoms with Gasteiger partial charge in [-0.05, 0) is 19.3 Å². The zero-order valence-electron chi connectivity index (χ0n) is 9.32. The molecule has 1 heteroatoms. The van der Waals surface area contributed by atoms with Crippen LogP contribution in [0.4, 0.5) is 0 Å². The summed E-state index contributed by atoms with van der Waals surface area (Å²) >= 11 is 0. The first-order chi connectivity index (χ1) is 7.95. The normalized spacial score (nSPS) is 21.9. The van der Waals surface area contributed by atoms with Crippen molar-refractivity contribution in [2.45, 2.75) is 19.3 Å². The topological polar surface area (TPSA) is 0 Å². The lowest BCUT2D eigenvalue weighted by Crippen LogP contribution is -2.21. The van der Waals surface area contributed by atoms with Gasteiger partial charge in [-0.15, -0.1) is 0 Å². The fraction of sp³-hybridized carbons (Fsp3) is 0.200. The molecule has 0 saturated carbocycles. The van der Waals surface area contributed by atoms with E-state index in [4.69, 9.17) is 0 Å². The van der Waals surface area contributed by atoms with Gasteiger partial charge < -0.3 is 0 Å². The van der Waals surface area contributed by atoms with Gasteiger partial charge in [-0.1, -0.05) is 70.3 Å². The van der Waals surface area contributed by atoms with Crippen molar-refractivity contribution in [1.82, 2.24) is 0 Å². The van der Waals surface area contributed by atoms with E-state index in [1.807, 2.05) is 0 Å². The minimum Gasteiger partial charge on any atom is -0.0809 e. The highest BCUT2D eigenvalue weighted by atomic mass is 28.3. The molecule has 0 aliphatic heterocycles. The first-order valence-electron chi connectivity index (χ1n) is 5.91. The van der Waals surface area contributed by atoms with E-state index in [-0.39, 0.29) is 0 Å². The molecule has 0 bridgehead atoms. The van der Waals surface area contributed by atoms with Crippen molar-refractivity contribution >= 4 is 8.80 Å². The highest BCUT2D eigenvalue weighted by Gasteiger charge is 2.25. The van der Waals surface area contributed by atoms with Gasteiger partial charge in [-0.3, -0.25) is 0 Å². The Balaban J connectivity index is 1.91. The fourth-order valence-electron chi connectivity index (χ4n) is 2.49. The van der Waals surface area contributed by atoms with Gasteiger partial charge >= 0.3 is 0 Å². The Morgan fingerprint density at radius 3 is 2.00 bits per heavy atom. The molecule has 0 N–H and O–H groups in total. The second-order valence-electron chi connectivity index (χ2n) is 4.32. The quantitative estimate of drug-likeness (QED) is 0.639. The summed E-state index contributed by atoms with van der Waals surface area (Å²) in [6.07, 6.45) is 24.1. The lowest BCUT2D eigenvalue weighted by Gasteiger charge is -2.18. The van der Waals surface area contributed by atoms with Crippen molar-refractivity contribution in [3.63, 3.8) is 0 Å². The van der Waals surface area contributed by atoms with Gasteiger partial charge in [0.2, 0.25) is 0 Å². The van der Waals surface area contributed by atoms with Crippen LogP contribution in [0.1, 0.15) is 19.3 Å². The summed E-state index contributed by atoms with van der Waals surface area (Å²) in [5.74, 6) is 0. The van der Waals surface area contributed by atoms with E-state index in [9.17, 15) is 0 Å².